The molecule has 0 aliphatic heterocycles. The van der Waals surface area contributed by atoms with Gasteiger partial charge in [0.05, 0.1) is 5.69 Å². The Labute approximate surface area is 103 Å². The molecule has 0 saturated carbocycles. The minimum atomic E-state index is -2.94. The van der Waals surface area contributed by atoms with Crippen LogP contribution in [-0.2, 0) is 0 Å². The van der Waals surface area contributed by atoms with Crippen molar-refractivity contribution in [3.63, 3.8) is 0 Å². The smallest absolute Gasteiger partial charge is 0.387 e. The van der Waals surface area contributed by atoms with E-state index in [4.69, 9.17) is 10.5 Å². The van der Waals surface area contributed by atoms with Crippen LogP contribution in [0.3, 0.4) is 0 Å². The molecule has 1 aromatic rings. The van der Waals surface area contributed by atoms with E-state index in [0.717, 1.165) is 11.8 Å². The highest BCUT2D eigenvalue weighted by Crippen LogP contribution is 2.27. The van der Waals surface area contributed by atoms with Gasteiger partial charge in [0.2, 0.25) is 0 Å². The number of aryl methyl sites for hydroxylation is 1. The van der Waals surface area contributed by atoms with Gasteiger partial charge in [-0.3, -0.25) is 0 Å². The van der Waals surface area contributed by atoms with Gasteiger partial charge in [0.25, 0.3) is 0 Å². The summed E-state index contributed by atoms with van der Waals surface area (Å²) in [5, 5.41) is 19.7. The Balaban J connectivity index is 3.00. The summed E-state index contributed by atoms with van der Waals surface area (Å²) in [6.45, 7) is -1.17. The lowest BCUT2D eigenvalue weighted by Gasteiger charge is -2.11. The summed E-state index contributed by atoms with van der Waals surface area (Å²) in [5.74, 6) is -0.0536. The SMILES string of the molecule is Cc1ccc(OC(F)F)c(NC=C(C#N)C#N)c1. The second-order valence-electron chi connectivity index (χ2n) is 3.30. The van der Waals surface area contributed by atoms with Gasteiger partial charge >= 0.3 is 6.61 Å². The van der Waals surface area contributed by atoms with Crippen LogP contribution in [-0.4, -0.2) is 6.61 Å². The first kappa shape index (κ1) is 13.5. The van der Waals surface area contributed by atoms with Crippen molar-refractivity contribution < 1.29 is 13.5 Å². The van der Waals surface area contributed by atoms with Gasteiger partial charge in [0.1, 0.15) is 23.5 Å². The predicted molar refractivity (Wildman–Crippen MR) is 60.7 cm³/mol. The third-order valence-corrected chi connectivity index (χ3v) is 1.96. The first-order valence-electron chi connectivity index (χ1n) is 4.89. The topological polar surface area (TPSA) is 68.8 Å². The Bertz CT molecular complexity index is 525. The molecule has 1 rings (SSSR count). The summed E-state index contributed by atoms with van der Waals surface area (Å²) >= 11 is 0. The average Bonchev–Trinajstić information content (AvgIpc) is 2.33. The number of rotatable bonds is 4. The van der Waals surface area contributed by atoms with Crippen LogP contribution in [0.5, 0.6) is 5.75 Å². The van der Waals surface area contributed by atoms with Gasteiger partial charge in [-0.25, -0.2) is 0 Å². The standard InChI is InChI=1S/C12H9F2N3O/c1-8-2-3-11(18-12(13)14)10(4-8)17-7-9(5-15)6-16/h2-4,7,12,17H,1H3. The Morgan fingerprint density at radius 2 is 2.06 bits per heavy atom. The highest BCUT2D eigenvalue weighted by atomic mass is 19.3. The molecule has 0 fully saturated rings. The lowest BCUT2D eigenvalue weighted by molar-refractivity contribution is -0.0493. The predicted octanol–water partition coefficient (Wildman–Crippen LogP) is 2.94. The molecule has 0 amide bonds. The first-order valence-corrected chi connectivity index (χ1v) is 4.89. The molecule has 0 bridgehead atoms. The van der Waals surface area contributed by atoms with Gasteiger partial charge in [-0.05, 0) is 24.6 Å². The molecule has 92 valence electrons. The highest BCUT2D eigenvalue weighted by molar-refractivity contribution is 5.60. The Morgan fingerprint density at radius 3 is 2.61 bits per heavy atom. The van der Waals surface area contributed by atoms with Crippen LogP contribution in [0.4, 0.5) is 14.5 Å². The molecule has 1 aromatic carbocycles. The number of allylic oxidation sites excluding steroid dienone is 1. The number of nitrogens with zero attached hydrogens (tertiary/aromatic N) is 2. The Morgan fingerprint density at radius 1 is 1.39 bits per heavy atom. The summed E-state index contributed by atoms with van der Waals surface area (Å²) in [7, 11) is 0. The van der Waals surface area contributed by atoms with Crippen LogP contribution in [0, 0.1) is 29.6 Å². The van der Waals surface area contributed by atoms with Crippen LogP contribution >= 0.6 is 0 Å². The molecule has 1 N–H and O–H groups in total. The second kappa shape index (κ2) is 6.21. The molecule has 0 saturated heterocycles. The zero-order valence-electron chi connectivity index (χ0n) is 9.45. The number of anilines is 1. The van der Waals surface area contributed by atoms with Crippen LogP contribution < -0.4 is 10.1 Å². The highest BCUT2D eigenvalue weighted by Gasteiger charge is 2.09. The lowest BCUT2D eigenvalue weighted by Crippen LogP contribution is -2.04. The van der Waals surface area contributed by atoms with Gasteiger partial charge in [0, 0.05) is 6.20 Å². The van der Waals surface area contributed by atoms with Crippen molar-refractivity contribution in [3.05, 3.63) is 35.5 Å². The molecule has 0 unspecified atom stereocenters. The first-order chi connectivity index (χ1) is 8.56. The average molecular weight is 249 g/mol. The van der Waals surface area contributed by atoms with Crippen LogP contribution in [0.1, 0.15) is 5.56 Å². The summed E-state index contributed by atoms with van der Waals surface area (Å²) in [6.07, 6.45) is 1.13. The zero-order chi connectivity index (χ0) is 13.5. The van der Waals surface area contributed by atoms with Crippen LogP contribution in [0.15, 0.2) is 30.0 Å². The van der Waals surface area contributed by atoms with Crippen molar-refractivity contribution in [2.45, 2.75) is 13.5 Å². The maximum absolute atomic E-state index is 12.2. The maximum atomic E-state index is 12.2. The van der Waals surface area contributed by atoms with Gasteiger partial charge < -0.3 is 10.1 Å². The molecule has 0 spiro atoms. The van der Waals surface area contributed by atoms with Crippen molar-refractivity contribution in [1.29, 1.82) is 10.5 Å². The van der Waals surface area contributed by atoms with Crippen molar-refractivity contribution in [2.24, 2.45) is 0 Å². The quantitative estimate of drug-likeness (QED) is 0.833. The van der Waals surface area contributed by atoms with E-state index in [-0.39, 0.29) is 17.0 Å². The monoisotopic (exact) mass is 249 g/mol. The molecule has 4 nitrogen and oxygen atoms in total. The zero-order valence-corrected chi connectivity index (χ0v) is 9.45. The number of nitriles is 2. The fraction of sp³-hybridized carbons (Fsp3) is 0.167. The van der Waals surface area contributed by atoms with E-state index in [1.54, 1.807) is 31.2 Å². The maximum Gasteiger partial charge on any atom is 0.387 e. The molecule has 0 heterocycles. The largest absolute Gasteiger partial charge is 0.433 e. The minimum Gasteiger partial charge on any atom is -0.433 e. The number of hydrogen-bond donors (Lipinski definition) is 1. The van der Waals surface area contributed by atoms with E-state index in [9.17, 15) is 8.78 Å². The normalized spacial score (nSPS) is 9.22. The summed E-state index contributed by atoms with van der Waals surface area (Å²) < 4.78 is 28.6. The van der Waals surface area contributed by atoms with Gasteiger partial charge in [-0.15, -0.1) is 0 Å². The van der Waals surface area contributed by atoms with Crippen LogP contribution in [0.25, 0.3) is 0 Å². The van der Waals surface area contributed by atoms with Crippen molar-refractivity contribution in [1.82, 2.24) is 0 Å². The molecular formula is C12H9F2N3O. The third-order valence-electron chi connectivity index (χ3n) is 1.96. The molecule has 0 radical (unpaired) electrons. The Kier molecular flexibility index (Phi) is 4.65. The number of halogens is 2. The van der Waals surface area contributed by atoms with Crippen molar-refractivity contribution >= 4 is 5.69 Å². The van der Waals surface area contributed by atoms with E-state index in [2.05, 4.69) is 10.1 Å². The van der Waals surface area contributed by atoms with Gasteiger partial charge in [-0.2, -0.15) is 19.3 Å². The number of benzene rings is 1. The summed E-state index contributed by atoms with van der Waals surface area (Å²) in [6, 6.07) is 7.86. The number of hydrogen-bond acceptors (Lipinski definition) is 4. The van der Waals surface area contributed by atoms with Crippen LogP contribution in [0.2, 0.25) is 0 Å². The summed E-state index contributed by atoms with van der Waals surface area (Å²) in [5.41, 5.74) is 0.917. The number of nitrogens with one attached hydrogen (secondary N) is 1. The van der Waals surface area contributed by atoms with E-state index in [0.29, 0.717) is 0 Å². The van der Waals surface area contributed by atoms with E-state index in [1.165, 1.54) is 6.07 Å². The molecular weight excluding hydrogens is 240 g/mol. The minimum absolute atomic E-state index is 0.0536. The lowest BCUT2D eigenvalue weighted by atomic mass is 10.2. The van der Waals surface area contributed by atoms with Crippen molar-refractivity contribution in [3.8, 4) is 17.9 Å². The second-order valence-corrected chi connectivity index (χ2v) is 3.30. The van der Waals surface area contributed by atoms with E-state index < -0.39 is 6.61 Å². The fourth-order valence-electron chi connectivity index (χ4n) is 1.19. The number of alkyl halides is 2. The Hall–Kier alpha value is -2.60. The molecule has 0 atom stereocenters. The molecule has 0 aromatic heterocycles. The third kappa shape index (κ3) is 3.76. The fourth-order valence-corrected chi connectivity index (χ4v) is 1.19. The van der Waals surface area contributed by atoms with E-state index in [1.807, 2.05) is 0 Å². The molecule has 0 aliphatic rings. The summed E-state index contributed by atoms with van der Waals surface area (Å²) in [4.78, 5) is 0. The van der Waals surface area contributed by atoms with Crippen molar-refractivity contribution in [2.75, 3.05) is 5.32 Å². The molecule has 18 heavy (non-hydrogen) atoms. The van der Waals surface area contributed by atoms with E-state index >= 15 is 0 Å². The molecule has 6 heteroatoms. The number of ether oxygens (including phenoxy) is 1. The van der Waals surface area contributed by atoms with Gasteiger partial charge in [0.15, 0.2) is 0 Å². The van der Waals surface area contributed by atoms with Gasteiger partial charge in [-0.1, -0.05) is 6.07 Å². The molecule has 0 aliphatic carbocycles.